The fourth-order valence-electron chi connectivity index (χ4n) is 7.60. The van der Waals surface area contributed by atoms with Crippen molar-refractivity contribution in [1.82, 2.24) is 4.57 Å². The third-order valence-corrected chi connectivity index (χ3v) is 11.0. The lowest BCUT2D eigenvalue weighted by molar-refractivity contribution is 1.18. The van der Waals surface area contributed by atoms with E-state index in [9.17, 15) is 0 Å². The second-order valence-corrected chi connectivity index (χ2v) is 13.6. The molecule has 0 bridgehead atoms. The maximum atomic E-state index is 2.51. The number of para-hydroxylation sites is 2. The van der Waals surface area contributed by atoms with Crippen LogP contribution >= 0.6 is 11.3 Å². The summed E-state index contributed by atoms with van der Waals surface area (Å²) in [6, 6.07) is 66.1. The van der Waals surface area contributed by atoms with Crippen molar-refractivity contribution in [3.8, 4) is 16.8 Å². The van der Waals surface area contributed by atoms with Gasteiger partial charge < -0.3 is 9.47 Å². The number of rotatable bonds is 5. The summed E-state index contributed by atoms with van der Waals surface area (Å²) in [5.41, 5.74) is 9.41. The van der Waals surface area contributed by atoms with E-state index >= 15 is 0 Å². The first-order chi connectivity index (χ1) is 24.3. The summed E-state index contributed by atoms with van der Waals surface area (Å²) in [7, 11) is 0. The van der Waals surface area contributed by atoms with E-state index in [1.165, 1.54) is 69.6 Å². The zero-order valence-electron chi connectivity index (χ0n) is 26.6. The van der Waals surface area contributed by atoms with Crippen molar-refractivity contribution in [3.05, 3.63) is 182 Å². The van der Waals surface area contributed by atoms with Crippen LogP contribution in [0.1, 0.15) is 0 Å². The number of thiophene rings is 1. The molecule has 8 aromatic carbocycles. The van der Waals surface area contributed by atoms with Crippen molar-refractivity contribution in [2.45, 2.75) is 0 Å². The molecule has 0 atom stereocenters. The van der Waals surface area contributed by atoms with Gasteiger partial charge in [-0.1, -0.05) is 127 Å². The molecule has 0 fully saturated rings. The van der Waals surface area contributed by atoms with Crippen LogP contribution in [0.2, 0.25) is 0 Å². The van der Waals surface area contributed by atoms with E-state index in [1.807, 2.05) is 11.3 Å². The molecule has 10 rings (SSSR count). The SMILES string of the molecule is c1ccc(-c2ccc(N(c3cc4ccccc4c4sc5ccccc5c34)c3cccc4c3c3ccccc3n4-c3ccccc3)cc2)cc1. The highest BCUT2D eigenvalue weighted by molar-refractivity contribution is 7.26. The Kier molecular flexibility index (Phi) is 6.39. The molecule has 0 saturated carbocycles. The Bertz CT molecular complexity index is 2810. The third-order valence-electron chi connectivity index (χ3n) is 9.75. The number of hydrogen-bond donors (Lipinski definition) is 0. The second kappa shape index (κ2) is 11.2. The molecule has 0 spiro atoms. The molecule has 0 aliphatic rings. The molecule has 0 aliphatic heterocycles. The van der Waals surface area contributed by atoms with Gasteiger partial charge in [0, 0.05) is 42.3 Å². The summed E-state index contributed by atoms with van der Waals surface area (Å²) in [5.74, 6) is 0. The summed E-state index contributed by atoms with van der Waals surface area (Å²) in [5, 5.41) is 7.57. The van der Waals surface area contributed by atoms with Crippen molar-refractivity contribution in [3.63, 3.8) is 0 Å². The maximum absolute atomic E-state index is 2.51. The van der Waals surface area contributed by atoms with Gasteiger partial charge in [0.25, 0.3) is 0 Å². The monoisotopic (exact) mass is 642 g/mol. The molecule has 0 amide bonds. The van der Waals surface area contributed by atoms with Gasteiger partial charge in [0.05, 0.1) is 22.4 Å². The topological polar surface area (TPSA) is 8.17 Å². The smallest absolute Gasteiger partial charge is 0.0562 e. The molecule has 0 N–H and O–H groups in total. The zero-order valence-corrected chi connectivity index (χ0v) is 27.4. The molecular formula is C46H30N2S. The van der Waals surface area contributed by atoms with Crippen molar-refractivity contribution < 1.29 is 0 Å². The lowest BCUT2D eigenvalue weighted by Crippen LogP contribution is -2.11. The van der Waals surface area contributed by atoms with E-state index in [0.29, 0.717) is 0 Å². The van der Waals surface area contributed by atoms with E-state index in [4.69, 9.17) is 0 Å². The van der Waals surface area contributed by atoms with Gasteiger partial charge in [-0.05, 0) is 76.5 Å². The molecule has 0 aliphatic carbocycles. The Morgan fingerprint density at radius 2 is 1.06 bits per heavy atom. The minimum absolute atomic E-state index is 1.12. The van der Waals surface area contributed by atoms with Crippen LogP contribution in [0.4, 0.5) is 17.1 Å². The van der Waals surface area contributed by atoms with Gasteiger partial charge in [-0.25, -0.2) is 0 Å². The summed E-state index contributed by atoms with van der Waals surface area (Å²) >= 11 is 1.89. The molecule has 10 aromatic rings. The molecule has 0 saturated heterocycles. The molecule has 0 radical (unpaired) electrons. The van der Waals surface area contributed by atoms with Gasteiger partial charge in [0.15, 0.2) is 0 Å². The summed E-state index contributed by atoms with van der Waals surface area (Å²) < 4.78 is 5.02. The Balaban J connectivity index is 1.33. The summed E-state index contributed by atoms with van der Waals surface area (Å²) in [6.45, 7) is 0. The number of fused-ring (bicyclic) bond motifs is 8. The van der Waals surface area contributed by atoms with Crippen LogP contribution in [0.3, 0.4) is 0 Å². The average Bonchev–Trinajstić information content (AvgIpc) is 3.73. The van der Waals surface area contributed by atoms with Crippen LogP contribution in [-0.2, 0) is 0 Å². The molecule has 49 heavy (non-hydrogen) atoms. The molecule has 2 nitrogen and oxygen atoms in total. The molecular weight excluding hydrogens is 613 g/mol. The minimum Gasteiger partial charge on any atom is -0.309 e. The van der Waals surface area contributed by atoms with Crippen molar-refractivity contribution in [2.24, 2.45) is 0 Å². The number of aromatic nitrogens is 1. The average molecular weight is 643 g/mol. The maximum Gasteiger partial charge on any atom is 0.0562 e. The van der Waals surface area contributed by atoms with Crippen LogP contribution in [0.5, 0.6) is 0 Å². The molecule has 2 aromatic heterocycles. The molecule has 3 heteroatoms. The van der Waals surface area contributed by atoms with Crippen molar-refractivity contribution >= 4 is 81.1 Å². The fourth-order valence-corrected chi connectivity index (χ4v) is 8.86. The van der Waals surface area contributed by atoms with Crippen molar-refractivity contribution in [1.29, 1.82) is 0 Å². The Morgan fingerprint density at radius 1 is 0.429 bits per heavy atom. The van der Waals surface area contributed by atoms with E-state index < -0.39 is 0 Å². The standard InChI is InChI=1S/C46H30N2S/c1-3-14-31(15-4-1)32-26-28-35(29-27-32)48(42-30-33-16-7-8-19-36(33)46-45(42)38-21-10-12-25-43(38)49-46)41-24-13-23-40-44(41)37-20-9-11-22-39(37)47(40)34-17-5-2-6-18-34/h1-30H. The predicted molar refractivity (Wildman–Crippen MR) is 211 cm³/mol. The highest BCUT2D eigenvalue weighted by Gasteiger charge is 2.24. The highest BCUT2D eigenvalue weighted by Crippen LogP contribution is 2.50. The van der Waals surface area contributed by atoms with Gasteiger partial charge in [0.1, 0.15) is 0 Å². The number of nitrogens with zero attached hydrogens (tertiary/aromatic N) is 2. The van der Waals surface area contributed by atoms with Gasteiger partial charge in [-0.2, -0.15) is 0 Å². The minimum atomic E-state index is 1.12. The number of anilines is 3. The van der Waals surface area contributed by atoms with Gasteiger partial charge in [-0.3, -0.25) is 0 Å². The van der Waals surface area contributed by atoms with Gasteiger partial charge in [0.2, 0.25) is 0 Å². The first kappa shape index (κ1) is 27.9. The molecule has 230 valence electrons. The fraction of sp³-hybridized carbons (Fsp3) is 0. The predicted octanol–water partition coefficient (Wildman–Crippen LogP) is 13.4. The molecule has 2 heterocycles. The number of benzene rings is 8. The van der Waals surface area contributed by atoms with E-state index in [1.54, 1.807) is 0 Å². The first-order valence-corrected chi connectivity index (χ1v) is 17.5. The highest BCUT2D eigenvalue weighted by atomic mass is 32.1. The van der Waals surface area contributed by atoms with E-state index in [0.717, 1.165) is 17.1 Å². The van der Waals surface area contributed by atoms with Crippen molar-refractivity contribution in [2.75, 3.05) is 4.90 Å². The van der Waals surface area contributed by atoms with E-state index in [2.05, 4.69) is 191 Å². The van der Waals surface area contributed by atoms with Gasteiger partial charge >= 0.3 is 0 Å². The van der Waals surface area contributed by atoms with Crippen LogP contribution in [0, 0.1) is 0 Å². The zero-order chi connectivity index (χ0) is 32.3. The Labute approximate surface area is 288 Å². The van der Waals surface area contributed by atoms with Crippen LogP contribution < -0.4 is 4.90 Å². The van der Waals surface area contributed by atoms with Crippen LogP contribution in [-0.4, -0.2) is 4.57 Å². The lowest BCUT2D eigenvalue weighted by atomic mass is 10.0. The molecule has 0 unspecified atom stereocenters. The Morgan fingerprint density at radius 3 is 1.88 bits per heavy atom. The normalized spacial score (nSPS) is 11.7. The van der Waals surface area contributed by atoms with Crippen LogP contribution in [0.15, 0.2) is 182 Å². The largest absolute Gasteiger partial charge is 0.309 e. The van der Waals surface area contributed by atoms with Gasteiger partial charge in [-0.15, -0.1) is 11.3 Å². The third kappa shape index (κ3) is 4.40. The number of hydrogen-bond acceptors (Lipinski definition) is 2. The van der Waals surface area contributed by atoms with E-state index in [-0.39, 0.29) is 0 Å². The lowest BCUT2D eigenvalue weighted by Gasteiger charge is -2.28. The van der Waals surface area contributed by atoms with Crippen LogP contribution in [0.25, 0.3) is 69.6 Å². The summed E-state index contributed by atoms with van der Waals surface area (Å²) in [6.07, 6.45) is 0. The Hall–Kier alpha value is -6.16. The first-order valence-electron chi connectivity index (χ1n) is 16.7. The summed E-state index contributed by atoms with van der Waals surface area (Å²) in [4.78, 5) is 2.51. The quantitative estimate of drug-likeness (QED) is 0.181. The second-order valence-electron chi connectivity index (χ2n) is 12.5.